The number of methoxy groups -OCH3 is 2. The molecule has 0 radical (unpaired) electrons. The number of benzene rings is 4. The zero-order valence-electron chi connectivity index (χ0n) is 79.6. The quantitative estimate of drug-likeness (QED) is 0.0231. The highest BCUT2D eigenvalue weighted by atomic mass is 32.2. The fraction of sp³-hybridized carbons (Fsp3) is 0.390. The molecule has 0 unspecified atom stereocenters. The Hall–Kier alpha value is -13.7. The zero-order chi connectivity index (χ0) is 98.3. The lowest BCUT2D eigenvalue weighted by atomic mass is 9.73. The van der Waals surface area contributed by atoms with Crippen molar-refractivity contribution in [1.29, 1.82) is 0 Å². The first-order chi connectivity index (χ1) is 69.6. The number of aromatic nitrogens is 12. The molecule has 8 saturated heterocycles. The average molecular weight is 2090 g/mol. The molecule has 20 heterocycles. The van der Waals surface area contributed by atoms with Crippen LogP contribution in [0.25, 0.3) is 32.3 Å². The Labute approximate surface area is 872 Å². The molecule has 8 fully saturated rings. The van der Waals surface area contributed by atoms with Crippen molar-refractivity contribution < 1.29 is 43.0 Å². The Bertz CT molecular complexity index is 7290. The molecule has 770 valence electrons. The van der Waals surface area contributed by atoms with Gasteiger partial charge >= 0.3 is 11.4 Å². The number of ether oxygens (including phenoxy) is 3. The van der Waals surface area contributed by atoms with Gasteiger partial charge in [0.2, 0.25) is 0 Å². The van der Waals surface area contributed by atoms with Crippen LogP contribution in [0.1, 0.15) is 155 Å². The number of hydrogen-bond donors (Lipinski definition) is 8. The number of thiazole rings is 4. The average Bonchev–Trinajstić information content (AvgIpc) is 1.63. The Balaban J connectivity index is 0.000000133. The largest absolute Gasteiger partial charge is 0.497 e. The van der Waals surface area contributed by atoms with Gasteiger partial charge in [0.1, 0.15) is 40.9 Å². The number of rotatable bonds is 22. The number of para-hydroxylation sites is 2. The van der Waals surface area contributed by atoms with Crippen LogP contribution in [0.5, 0.6) is 11.5 Å². The van der Waals surface area contributed by atoms with Crippen molar-refractivity contribution in [1.82, 2.24) is 79.4 Å². The van der Waals surface area contributed by atoms with Gasteiger partial charge in [0.15, 0.2) is 20.5 Å². The molecule has 8 N–H and O–H groups in total. The number of amides is 6. The second kappa shape index (κ2) is 44.5. The minimum absolute atomic E-state index is 0. The number of pyridine rings is 4. The predicted octanol–water partition coefficient (Wildman–Crippen LogP) is 14.8. The third-order valence-corrected chi connectivity index (χ3v) is 33.5. The first kappa shape index (κ1) is 105. The SMILES string of the molecule is C.C.C.C.COCCOc1ccc2c(c1)C(=O)N(c1nc(C(=O)Nc3cnccc3N3CCC4(CC3)CNC4)cs1)C2.COc1ccc2c(c1)n(C)c(=O)n2-c1nc(C(=O)Nc2cnccc2N2CCC3(CC2)CNC3)cs1.CSc1ccc2c(c1)C(=O)N(c1nc(C(=O)Nc3cnccc3N3CCC4(CC3)CNC4)cs1)C2.Cn1c(=O)n(-c2nc(C(=O)Nc3cnccc3N3CCC4(CC3)CNC4)cs2)c2ccccc21. The van der Waals surface area contributed by atoms with Crippen LogP contribution in [0.4, 0.5) is 55.8 Å². The molecule has 14 aromatic rings. The Morgan fingerprint density at radius 1 is 0.395 bits per heavy atom. The number of hydrogen-bond acceptors (Lipinski definition) is 32. The van der Waals surface area contributed by atoms with Crippen LogP contribution < -0.4 is 92.8 Å². The molecule has 0 aliphatic carbocycles. The fourth-order valence-electron chi connectivity index (χ4n) is 20.4. The smallest absolute Gasteiger partial charge is 0.335 e. The molecule has 42 heteroatoms. The van der Waals surface area contributed by atoms with E-state index in [9.17, 15) is 38.4 Å². The van der Waals surface area contributed by atoms with Crippen molar-refractivity contribution in [3.05, 3.63) is 240 Å². The summed E-state index contributed by atoms with van der Waals surface area (Å²) in [5.41, 5.74) is 15.2. The summed E-state index contributed by atoms with van der Waals surface area (Å²) in [6, 6.07) is 32.2. The van der Waals surface area contributed by atoms with Crippen molar-refractivity contribution in [3.63, 3.8) is 0 Å². The minimum atomic E-state index is -0.335. The number of aryl methyl sites for hydroxylation is 2. The van der Waals surface area contributed by atoms with Gasteiger partial charge in [0, 0.05) is 194 Å². The number of imidazole rings is 2. The molecule has 147 heavy (non-hydrogen) atoms. The van der Waals surface area contributed by atoms with Crippen molar-refractivity contribution in [2.24, 2.45) is 35.8 Å². The van der Waals surface area contributed by atoms with Crippen molar-refractivity contribution in [3.8, 4) is 21.8 Å². The summed E-state index contributed by atoms with van der Waals surface area (Å²) in [7, 11) is 6.64. The zero-order valence-corrected chi connectivity index (χ0v) is 83.7. The fourth-order valence-corrected chi connectivity index (χ4v) is 24.0. The molecular formula is C105H124N26O11S5. The van der Waals surface area contributed by atoms with E-state index < -0.39 is 0 Å². The number of nitrogens with one attached hydrogen (secondary N) is 8. The van der Waals surface area contributed by atoms with Gasteiger partial charge in [-0.15, -0.1) is 57.1 Å². The monoisotopic (exact) mass is 2080 g/mol. The predicted molar refractivity (Wildman–Crippen MR) is 585 cm³/mol. The van der Waals surface area contributed by atoms with Crippen LogP contribution in [0, 0.1) is 21.7 Å². The van der Waals surface area contributed by atoms with Crippen LogP contribution >= 0.6 is 57.1 Å². The minimum Gasteiger partial charge on any atom is -0.497 e. The summed E-state index contributed by atoms with van der Waals surface area (Å²) in [6.07, 6.45) is 24.9. The molecule has 10 aliphatic rings. The van der Waals surface area contributed by atoms with Crippen molar-refractivity contribution in [2.45, 2.75) is 99.1 Å². The molecule has 24 rings (SSSR count). The summed E-state index contributed by atoms with van der Waals surface area (Å²) < 4.78 is 22.2. The highest BCUT2D eigenvalue weighted by molar-refractivity contribution is 7.98. The summed E-state index contributed by atoms with van der Waals surface area (Å²) in [5.74, 6) is -0.219. The summed E-state index contributed by atoms with van der Waals surface area (Å²) in [4.78, 5) is 153. The second-order valence-electron chi connectivity index (χ2n) is 38.0. The van der Waals surface area contributed by atoms with E-state index in [0.717, 1.165) is 211 Å². The van der Waals surface area contributed by atoms with Gasteiger partial charge < -0.3 is 76.3 Å². The second-order valence-corrected chi connectivity index (χ2v) is 42.2. The highest BCUT2D eigenvalue weighted by Crippen LogP contribution is 2.45. The lowest BCUT2D eigenvalue weighted by Crippen LogP contribution is -2.58. The maximum atomic E-state index is 13.2. The molecule has 4 spiro atoms. The summed E-state index contributed by atoms with van der Waals surface area (Å²) in [6.45, 7) is 18.2. The van der Waals surface area contributed by atoms with Gasteiger partial charge in [-0.3, -0.25) is 67.6 Å². The highest BCUT2D eigenvalue weighted by Gasteiger charge is 2.45. The van der Waals surface area contributed by atoms with E-state index in [1.54, 1.807) is 147 Å². The molecular weight excluding hydrogens is 1960 g/mol. The lowest BCUT2D eigenvalue weighted by Gasteiger charge is -2.49. The van der Waals surface area contributed by atoms with Crippen LogP contribution in [0.15, 0.2) is 189 Å². The standard InChI is InChI=1S/C27H30N6O4S.C25H27N7O3S.C25H26N6O2S2.C24H25N7O2S.4CH4/c1-36-10-11-37-19-3-2-18-14-33(25(35)20(18)12-19)26-31-22(15-38-26)24(34)30-21-13-28-7-4-23(21)32-8-5-27(6-9-32)16-29-17-27;1-30-21-11-16(35-2)3-4-20(21)32(24(30)34)23-29-18(13-36-23)22(33)28-17-12-26-8-5-19(17)31-9-6-25(7-10-31)14-27-15-25;1-34-17-3-2-16-12-31(23(33)18(16)10-17)24-29-20(13-35-24)22(32)28-19-11-26-7-4-21(19)30-8-5-25(6-9-30)14-27-15-25;1-29-19-4-2-3-5-20(19)31(23(29)33)22-28-17(13-34-22)21(32)27-16-12-25-9-6-18(16)30-10-7-24(8-11-30)14-26-15-24;;;;/h2-4,7,12-13,15,29H,5-6,8-11,14,16-17H2,1H3,(H,30,34);3-5,8,11-13,27H,6-7,9-10,14-15H2,1-2H3,(H,28,33);2-4,7,10-11,13,27H,5-6,8-9,12,14-15H2,1H3,(H,28,32);2-6,9,12-13,26H,7-8,10-11,14-15H2,1H3,(H,27,32);4*1H4. The van der Waals surface area contributed by atoms with Gasteiger partial charge in [-0.2, -0.15) is 0 Å². The molecule has 37 nitrogen and oxygen atoms in total. The number of fused-ring (bicyclic) bond motifs is 4. The molecule has 4 aromatic carbocycles. The topological polar surface area (TPSA) is 403 Å². The molecule has 10 aromatic heterocycles. The van der Waals surface area contributed by atoms with E-state index in [1.165, 1.54) is 49.9 Å². The molecule has 0 atom stereocenters. The van der Waals surface area contributed by atoms with Crippen LogP contribution in [0.3, 0.4) is 0 Å². The summed E-state index contributed by atoms with van der Waals surface area (Å²) >= 11 is 6.71. The maximum absolute atomic E-state index is 13.2. The number of nitrogens with zero attached hydrogens (tertiary/aromatic N) is 18. The number of piperidine rings is 4. The Kier molecular flexibility index (Phi) is 31.7. The lowest BCUT2D eigenvalue weighted by molar-refractivity contribution is 0.0987. The third kappa shape index (κ3) is 21.2. The molecule has 10 aliphatic heterocycles. The number of thioether (sulfide) groups is 1. The number of carbonyl (C=O) groups excluding carboxylic acids is 6. The Morgan fingerprint density at radius 3 is 1.08 bits per heavy atom. The van der Waals surface area contributed by atoms with Crippen LogP contribution in [-0.2, 0) is 31.9 Å². The third-order valence-electron chi connectivity index (χ3n) is 29.4. The van der Waals surface area contributed by atoms with E-state index in [0.29, 0.717) is 125 Å². The maximum Gasteiger partial charge on any atom is 0.335 e. The van der Waals surface area contributed by atoms with Gasteiger partial charge in [-0.05, 0) is 163 Å². The van der Waals surface area contributed by atoms with Gasteiger partial charge in [0.25, 0.3) is 35.4 Å². The first-order valence-electron chi connectivity index (χ1n) is 47.8. The van der Waals surface area contributed by atoms with E-state index >= 15 is 0 Å². The molecule has 0 bridgehead atoms. The van der Waals surface area contributed by atoms with E-state index in [2.05, 4.69) is 102 Å². The van der Waals surface area contributed by atoms with Gasteiger partial charge in [-0.25, -0.2) is 38.7 Å². The van der Waals surface area contributed by atoms with E-state index in [-0.39, 0.29) is 93.6 Å². The van der Waals surface area contributed by atoms with Crippen LogP contribution in [-0.4, -0.2) is 232 Å². The first-order valence-corrected chi connectivity index (χ1v) is 52.5. The number of carbonyl (C=O) groups is 6. The number of anilines is 10. The van der Waals surface area contributed by atoms with Gasteiger partial charge in [0.05, 0.1) is 119 Å². The Morgan fingerprint density at radius 2 is 0.728 bits per heavy atom. The van der Waals surface area contributed by atoms with Gasteiger partial charge in [-0.1, -0.05) is 54.0 Å². The molecule has 6 amide bonds. The molecule has 0 saturated carbocycles. The summed E-state index contributed by atoms with van der Waals surface area (Å²) in [5, 5.41) is 34.2. The van der Waals surface area contributed by atoms with E-state index in [4.69, 9.17) is 14.2 Å². The van der Waals surface area contributed by atoms with Crippen molar-refractivity contribution in [2.75, 3.05) is 189 Å². The van der Waals surface area contributed by atoms with Crippen molar-refractivity contribution >= 4 is 170 Å². The van der Waals surface area contributed by atoms with Crippen LogP contribution in [0.2, 0.25) is 0 Å². The van der Waals surface area contributed by atoms with E-state index in [1.807, 2.05) is 97.3 Å². The normalized spacial score (nSPS) is 17.1.